The van der Waals surface area contributed by atoms with E-state index in [1.165, 1.54) is 10.7 Å². The molecule has 0 radical (unpaired) electrons. The summed E-state index contributed by atoms with van der Waals surface area (Å²) >= 11 is 5.93. The second-order valence-electron chi connectivity index (χ2n) is 6.22. The summed E-state index contributed by atoms with van der Waals surface area (Å²) in [6.07, 6.45) is 1.65. The number of benzene rings is 2. The van der Waals surface area contributed by atoms with Gasteiger partial charge in [-0.05, 0) is 43.3 Å². The summed E-state index contributed by atoms with van der Waals surface area (Å²) in [6, 6.07) is 17.5. The lowest BCUT2D eigenvalue weighted by molar-refractivity contribution is 0.101. The van der Waals surface area contributed by atoms with Crippen molar-refractivity contribution in [3.05, 3.63) is 93.5 Å². The maximum absolute atomic E-state index is 12.8. The fourth-order valence-corrected chi connectivity index (χ4v) is 3.06. The quantitative estimate of drug-likeness (QED) is 0.573. The van der Waals surface area contributed by atoms with Gasteiger partial charge in [0.05, 0.1) is 16.9 Å². The molecule has 0 atom stereocenters. The third-order valence-corrected chi connectivity index (χ3v) is 4.53. The molecule has 0 saturated heterocycles. The number of para-hydroxylation sites is 1. The van der Waals surface area contributed by atoms with Gasteiger partial charge in [0.1, 0.15) is 0 Å². The van der Waals surface area contributed by atoms with Gasteiger partial charge < -0.3 is 5.32 Å². The van der Waals surface area contributed by atoms with E-state index < -0.39 is 11.3 Å². The van der Waals surface area contributed by atoms with Crippen LogP contribution in [0.25, 0.3) is 16.6 Å². The summed E-state index contributed by atoms with van der Waals surface area (Å²) in [6.45, 7) is 1.75. The molecule has 1 amide bonds. The lowest BCUT2D eigenvalue weighted by Crippen LogP contribution is -2.27. The number of fused-ring (bicyclic) bond motifs is 1. The molecular weight excluding hydrogens is 376 g/mol. The molecule has 0 aliphatic carbocycles. The Hall–Kier alpha value is -3.51. The van der Waals surface area contributed by atoms with Crippen LogP contribution in [-0.2, 0) is 0 Å². The standard InChI is InChI=1S/C21H15ClN4O2/c1-13-12-18(27)20(25-26(13)16-9-7-15(22)8-10-16)21(28)24-17-6-2-4-14-5-3-11-23-19(14)17/h2-12H,1H3,(H,24,28). The normalized spacial score (nSPS) is 10.8. The first-order valence-electron chi connectivity index (χ1n) is 8.55. The lowest BCUT2D eigenvalue weighted by Gasteiger charge is -2.12. The number of pyridine rings is 1. The van der Waals surface area contributed by atoms with Gasteiger partial charge in [-0.25, -0.2) is 4.68 Å². The minimum Gasteiger partial charge on any atom is -0.319 e. The fraction of sp³-hybridized carbons (Fsp3) is 0.0476. The van der Waals surface area contributed by atoms with Crippen LogP contribution in [0, 0.1) is 6.92 Å². The molecule has 0 aliphatic heterocycles. The molecule has 28 heavy (non-hydrogen) atoms. The molecule has 6 nitrogen and oxygen atoms in total. The number of aromatic nitrogens is 3. The third-order valence-electron chi connectivity index (χ3n) is 4.27. The molecule has 138 valence electrons. The molecule has 0 fully saturated rings. The summed E-state index contributed by atoms with van der Waals surface area (Å²) < 4.78 is 1.54. The summed E-state index contributed by atoms with van der Waals surface area (Å²) in [7, 11) is 0. The average Bonchev–Trinajstić information content (AvgIpc) is 2.69. The number of anilines is 1. The topological polar surface area (TPSA) is 76.9 Å². The zero-order valence-electron chi connectivity index (χ0n) is 14.9. The van der Waals surface area contributed by atoms with Crippen molar-refractivity contribution in [2.24, 2.45) is 0 Å². The molecule has 4 rings (SSSR count). The van der Waals surface area contributed by atoms with E-state index in [4.69, 9.17) is 11.6 Å². The van der Waals surface area contributed by atoms with Crippen LogP contribution in [0.2, 0.25) is 5.02 Å². The Balaban J connectivity index is 1.74. The first kappa shape index (κ1) is 17.9. The van der Waals surface area contributed by atoms with E-state index in [2.05, 4.69) is 15.4 Å². The Morgan fingerprint density at radius 1 is 1.07 bits per heavy atom. The van der Waals surface area contributed by atoms with Gasteiger partial charge in [0, 0.05) is 28.4 Å². The largest absolute Gasteiger partial charge is 0.319 e. The van der Waals surface area contributed by atoms with Crippen molar-refractivity contribution in [1.29, 1.82) is 0 Å². The van der Waals surface area contributed by atoms with Crippen molar-refractivity contribution in [3.63, 3.8) is 0 Å². The van der Waals surface area contributed by atoms with E-state index in [0.29, 0.717) is 27.6 Å². The maximum Gasteiger partial charge on any atom is 0.280 e. The van der Waals surface area contributed by atoms with E-state index in [1.54, 1.807) is 43.5 Å². The van der Waals surface area contributed by atoms with Gasteiger partial charge in [-0.15, -0.1) is 0 Å². The second kappa shape index (κ2) is 7.25. The Morgan fingerprint density at radius 3 is 2.61 bits per heavy atom. The fourth-order valence-electron chi connectivity index (χ4n) is 2.93. The molecule has 0 bridgehead atoms. The lowest BCUT2D eigenvalue weighted by atomic mass is 10.2. The number of nitrogens with one attached hydrogen (secondary N) is 1. The van der Waals surface area contributed by atoms with Crippen LogP contribution in [0.4, 0.5) is 5.69 Å². The number of amides is 1. The van der Waals surface area contributed by atoms with E-state index in [-0.39, 0.29) is 5.69 Å². The van der Waals surface area contributed by atoms with Crippen molar-refractivity contribution in [2.45, 2.75) is 6.92 Å². The molecular formula is C21H15ClN4O2. The number of hydrogen-bond acceptors (Lipinski definition) is 4. The molecule has 2 aromatic heterocycles. The number of carbonyl (C=O) groups excluding carboxylic acids is 1. The third kappa shape index (κ3) is 3.37. The summed E-state index contributed by atoms with van der Waals surface area (Å²) in [4.78, 5) is 29.5. The van der Waals surface area contributed by atoms with Gasteiger partial charge in [0.25, 0.3) is 5.91 Å². The van der Waals surface area contributed by atoms with Crippen LogP contribution in [0.15, 0.2) is 71.7 Å². The summed E-state index contributed by atoms with van der Waals surface area (Å²) in [5.74, 6) is -0.592. The van der Waals surface area contributed by atoms with Crippen molar-refractivity contribution in [1.82, 2.24) is 14.8 Å². The van der Waals surface area contributed by atoms with E-state index >= 15 is 0 Å². The Bertz CT molecular complexity index is 1240. The second-order valence-corrected chi connectivity index (χ2v) is 6.66. The minimum atomic E-state index is -0.592. The van der Waals surface area contributed by atoms with Crippen LogP contribution < -0.4 is 10.7 Å². The maximum atomic E-state index is 12.8. The van der Waals surface area contributed by atoms with Gasteiger partial charge in [0.15, 0.2) is 5.69 Å². The smallest absolute Gasteiger partial charge is 0.280 e. The van der Waals surface area contributed by atoms with Crippen LogP contribution in [0.1, 0.15) is 16.2 Å². The zero-order valence-corrected chi connectivity index (χ0v) is 15.6. The highest BCUT2D eigenvalue weighted by Crippen LogP contribution is 2.21. The minimum absolute atomic E-state index is 0.200. The van der Waals surface area contributed by atoms with Gasteiger partial charge in [-0.1, -0.05) is 29.8 Å². The highest BCUT2D eigenvalue weighted by atomic mass is 35.5. The van der Waals surface area contributed by atoms with Crippen LogP contribution in [0.3, 0.4) is 0 Å². The SMILES string of the molecule is Cc1cc(=O)c(C(=O)Nc2cccc3cccnc23)nn1-c1ccc(Cl)cc1. The molecule has 0 spiro atoms. The van der Waals surface area contributed by atoms with E-state index in [9.17, 15) is 9.59 Å². The monoisotopic (exact) mass is 390 g/mol. The highest BCUT2D eigenvalue weighted by Gasteiger charge is 2.16. The summed E-state index contributed by atoms with van der Waals surface area (Å²) in [5.41, 5.74) is 1.81. The molecule has 4 aromatic rings. The Kier molecular flexibility index (Phi) is 4.63. The molecule has 2 heterocycles. The predicted octanol–water partition coefficient (Wildman–Crippen LogP) is 3.99. The molecule has 0 saturated carbocycles. The number of carbonyl (C=O) groups is 1. The highest BCUT2D eigenvalue weighted by molar-refractivity contribution is 6.30. The average molecular weight is 391 g/mol. The molecule has 0 aliphatic rings. The molecule has 2 aromatic carbocycles. The molecule has 0 unspecified atom stereocenters. The van der Waals surface area contributed by atoms with Crippen LogP contribution >= 0.6 is 11.6 Å². The zero-order chi connectivity index (χ0) is 19.7. The molecule has 7 heteroatoms. The van der Waals surface area contributed by atoms with Gasteiger partial charge in [-0.2, -0.15) is 5.10 Å². The number of halogens is 1. The van der Waals surface area contributed by atoms with E-state index in [1.807, 2.05) is 24.3 Å². The van der Waals surface area contributed by atoms with Crippen molar-refractivity contribution in [3.8, 4) is 5.69 Å². The van der Waals surface area contributed by atoms with Gasteiger partial charge in [0.2, 0.25) is 5.43 Å². The Morgan fingerprint density at radius 2 is 1.82 bits per heavy atom. The van der Waals surface area contributed by atoms with Crippen molar-refractivity contribution in [2.75, 3.05) is 5.32 Å². The molecule has 1 N–H and O–H groups in total. The van der Waals surface area contributed by atoms with Crippen molar-refractivity contribution >= 4 is 34.1 Å². The number of rotatable bonds is 3. The van der Waals surface area contributed by atoms with Crippen LogP contribution in [0.5, 0.6) is 0 Å². The first-order valence-corrected chi connectivity index (χ1v) is 8.93. The number of nitrogens with zero attached hydrogens (tertiary/aromatic N) is 3. The number of aryl methyl sites for hydroxylation is 1. The van der Waals surface area contributed by atoms with Crippen molar-refractivity contribution < 1.29 is 4.79 Å². The van der Waals surface area contributed by atoms with E-state index in [0.717, 1.165) is 5.39 Å². The Labute approximate surface area is 165 Å². The first-order chi connectivity index (χ1) is 13.5. The van der Waals surface area contributed by atoms with Crippen LogP contribution in [-0.4, -0.2) is 20.7 Å². The number of hydrogen-bond donors (Lipinski definition) is 1. The summed E-state index contributed by atoms with van der Waals surface area (Å²) in [5, 5.41) is 8.50. The predicted molar refractivity (Wildman–Crippen MR) is 109 cm³/mol. The van der Waals surface area contributed by atoms with Gasteiger partial charge in [-0.3, -0.25) is 14.6 Å². The van der Waals surface area contributed by atoms with Gasteiger partial charge >= 0.3 is 0 Å².